The number of fused-ring (bicyclic) bond motifs is 10. The molecule has 0 bridgehead atoms. The van der Waals surface area contributed by atoms with Gasteiger partial charge < -0.3 is 4.90 Å². The Hall–Kier alpha value is -8.00. The second-order valence-corrected chi connectivity index (χ2v) is 18.9. The van der Waals surface area contributed by atoms with Crippen LogP contribution in [0.5, 0.6) is 0 Å². The third-order valence-corrected chi connectivity index (χ3v) is 15.3. The SMILES string of the molecule is c1ccc(-c2ccccc2-c2ccccc2-c2ccccc2N(c2ccc(-c3ccc(C4CCCCC4)cc3)cc2)c2ccc3c(c2)C2(c4ccccc4-c4ccccc42)c2ccccc2-3)cc1. The Labute approximate surface area is 400 Å². The molecular formula is C67H51N. The molecule has 10 aromatic rings. The number of benzene rings is 10. The Bertz CT molecular complexity index is 3420. The van der Waals surface area contributed by atoms with Crippen molar-refractivity contribution in [3.63, 3.8) is 0 Å². The molecule has 1 nitrogen and oxygen atoms in total. The molecule has 10 aromatic carbocycles. The zero-order valence-corrected chi connectivity index (χ0v) is 38.2. The lowest BCUT2D eigenvalue weighted by atomic mass is 9.70. The van der Waals surface area contributed by atoms with Crippen LogP contribution in [-0.4, -0.2) is 0 Å². The summed E-state index contributed by atoms with van der Waals surface area (Å²) in [5.41, 5.74) is 24.7. The quantitative estimate of drug-likeness (QED) is 0.147. The van der Waals surface area contributed by atoms with E-state index in [2.05, 4.69) is 248 Å². The van der Waals surface area contributed by atoms with E-state index in [-0.39, 0.29) is 0 Å². The molecule has 0 amide bonds. The Balaban J connectivity index is 1.00. The van der Waals surface area contributed by atoms with Gasteiger partial charge in [-0.15, -0.1) is 0 Å². The number of anilines is 3. The number of para-hydroxylation sites is 1. The minimum Gasteiger partial charge on any atom is -0.310 e. The van der Waals surface area contributed by atoms with Gasteiger partial charge in [0.05, 0.1) is 11.1 Å². The van der Waals surface area contributed by atoms with E-state index < -0.39 is 5.41 Å². The standard InChI is InChI=1S/C67H51N/c1-3-19-46(20-4-1)47-35-37-48(38-36-47)49-39-41-51(42-40-49)68(66-34-18-14-30-61(66)56-26-10-9-25-55(56)54-24-8-7-23-53(54)50-21-5-2-6-22-50)52-43-44-60-59-29-13-17-33-64(59)67(65(60)45-52)62-31-15-11-27-57(62)58-28-12-16-32-63(58)67/h2,5-18,21-46H,1,3-4,19-20H2. The minimum absolute atomic E-state index is 0.457. The molecule has 1 heteroatoms. The molecule has 1 fully saturated rings. The van der Waals surface area contributed by atoms with Crippen molar-refractivity contribution < 1.29 is 0 Å². The van der Waals surface area contributed by atoms with Crippen LogP contribution in [0.25, 0.3) is 66.8 Å². The molecule has 0 aliphatic heterocycles. The average molecular weight is 870 g/mol. The first-order valence-electron chi connectivity index (χ1n) is 24.5. The van der Waals surface area contributed by atoms with Crippen LogP contribution in [0.1, 0.15) is 65.8 Å². The van der Waals surface area contributed by atoms with Gasteiger partial charge in [-0.2, -0.15) is 0 Å². The first-order chi connectivity index (χ1) is 33.8. The highest BCUT2D eigenvalue weighted by atomic mass is 15.1. The molecule has 0 atom stereocenters. The molecule has 3 aliphatic rings. The van der Waals surface area contributed by atoms with E-state index in [1.165, 1.54) is 127 Å². The molecule has 324 valence electrons. The van der Waals surface area contributed by atoms with E-state index in [4.69, 9.17) is 0 Å². The van der Waals surface area contributed by atoms with Crippen molar-refractivity contribution in [2.24, 2.45) is 0 Å². The maximum atomic E-state index is 2.51. The summed E-state index contributed by atoms with van der Waals surface area (Å²) < 4.78 is 0. The summed E-state index contributed by atoms with van der Waals surface area (Å²) in [6.07, 6.45) is 6.69. The summed E-state index contributed by atoms with van der Waals surface area (Å²) in [7, 11) is 0. The molecule has 68 heavy (non-hydrogen) atoms. The number of nitrogens with zero attached hydrogens (tertiary/aromatic N) is 1. The Morgan fingerprint density at radius 3 is 1.31 bits per heavy atom. The van der Waals surface area contributed by atoms with Crippen LogP contribution < -0.4 is 4.90 Å². The van der Waals surface area contributed by atoms with Crippen molar-refractivity contribution >= 4 is 17.1 Å². The summed E-state index contributed by atoms with van der Waals surface area (Å²) in [5, 5.41) is 0. The van der Waals surface area contributed by atoms with Crippen molar-refractivity contribution in [3.8, 4) is 66.8 Å². The van der Waals surface area contributed by atoms with Crippen LogP contribution in [0.2, 0.25) is 0 Å². The number of hydrogen-bond acceptors (Lipinski definition) is 1. The summed E-state index contributed by atoms with van der Waals surface area (Å²) in [6, 6.07) is 90.9. The normalized spacial score (nSPS) is 14.2. The Morgan fingerprint density at radius 1 is 0.294 bits per heavy atom. The smallest absolute Gasteiger partial charge is 0.0726 e. The van der Waals surface area contributed by atoms with Gasteiger partial charge in [0.2, 0.25) is 0 Å². The van der Waals surface area contributed by atoms with E-state index in [9.17, 15) is 0 Å². The monoisotopic (exact) mass is 869 g/mol. The fourth-order valence-corrected chi connectivity index (χ4v) is 12.3. The number of hydrogen-bond donors (Lipinski definition) is 0. The summed E-state index contributed by atoms with van der Waals surface area (Å²) in [6.45, 7) is 0. The largest absolute Gasteiger partial charge is 0.310 e. The van der Waals surface area contributed by atoms with Crippen molar-refractivity contribution in [2.75, 3.05) is 4.90 Å². The van der Waals surface area contributed by atoms with Crippen LogP contribution >= 0.6 is 0 Å². The van der Waals surface area contributed by atoms with Gasteiger partial charge in [-0.3, -0.25) is 0 Å². The molecule has 13 rings (SSSR count). The highest BCUT2D eigenvalue weighted by Crippen LogP contribution is 2.63. The molecule has 1 saturated carbocycles. The molecule has 1 spiro atoms. The zero-order valence-electron chi connectivity index (χ0n) is 38.2. The molecule has 0 unspecified atom stereocenters. The fraction of sp³-hybridized carbons (Fsp3) is 0.104. The van der Waals surface area contributed by atoms with E-state index in [1.807, 2.05) is 0 Å². The van der Waals surface area contributed by atoms with E-state index in [1.54, 1.807) is 0 Å². The lowest BCUT2D eigenvalue weighted by molar-refractivity contribution is 0.443. The third kappa shape index (κ3) is 6.44. The first-order valence-corrected chi connectivity index (χ1v) is 24.5. The second kappa shape index (κ2) is 16.7. The van der Waals surface area contributed by atoms with E-state index in [0.29, 0.717) is 5.92 Å². The highest BCUT2D eigenvalue weighted by Gasteiger charge is 2.51. The van der Waals surface area contributed by atoms with Crippen LogP contribution in [0.4, 0.5) is 17.1 Å². The van der Waals surface area contributed by atoms with Gasteiger partial charge in [0, 0.05) is 16.9 Å². The summed E-state index contributed by atoms with van der Waals surface area (Å²) >= 11 is 0. The van der Waals surface area contributed by atoms with E-state index in [0.717, 1.165) is 17.1 Å². The molecule has 0 radical (unpaired) electrons. The highest BCUT2D eigenvalue weighted by molar-refractivity contribution is 5.99. The third-order valence-electron chi connectivity index (χ3n) is 15.3. The average Bonchev–Trinajstić information content (AvgIpc) is 3.89. The molecule has 3 aliphatic carbocycles. The van der Waals surface area contributed by atoms with Gasteiger partial charge in [-0.1, -0.05) is 232 Å². The molecule has 0 aromatic heterocycles. The van der Waals surface area contributed by atoms with Gasteiger partial charge in [0.15, 0.2) is 0 Å². The maximum Gasteiger partial charge on any atom is 0.0726 e. The minimum atomic E-state index is -0.457. The van der Waals surface area contributed by atoms with Gasteiger partial charge in [0.1, 0.15) is 0 Å². The van der Waals surface area contributed by atoms with Crippen molar-refractivity contribution in [3.05, 3.63) is 270 Å². The maximum absolute atomic E-state index is 2.51. The lowest BCUT2D eigenvalue weighted by Gasteiger charge is -2.33. The Kier molecular flexibility index (Phi) is 9.90. The van der Waals surface area contributed by atoms with Gasteiger partial charge >= 0.3 is 0 Å². The van der Waals surface area contributed by atoms with Crippen LogP contribution in [0, 0.1) is 0 Å². The van der Waals surface area contributed by atoms with Crippen LogP contribution in [-0.2, 0) is 5.41 Å². The van der Waals surface area contributed by atoms with E-state index >= 15 is 0 Å². The topological polar surface area (TPSA) is 3.24 Å². The summed E-state index contributed by atoms with van der Waals surface area (Å²) in [5.74, 6) is 0.691. The van der Waals surface area contributed by atoms with Crippen LogP contribution in [0.15, 0.2) is 243 Å². The fourth-order valence-electron chi connectivity index (χ4n) is 12.3. The predicted molar refractivity (Wildman–Crippen MR) is 285 cm³/mol. The predicted octanol–water partition coefficient (Wildman–Crippen LogP) is 18.2. The van der Waals surface area contributed by atoms with Crippen molar-refractivity contribution in [1.29, 1.82) is 0 Å². The molecular weight excluding hydrogens is 819 g/mol. The van der Waals surface area contributed by atoms with Gasteiger partial charge in [0.25, 0.3) is 0 Å². The number of rotatable bonds is 8. The molecule has 0 saturated heterocycles. The molecule has 0 N–H and O–H groups in total. The van der Waals surface area contributed by atoms with Crippen LogP contribution in [0.3, 0.4) is 0 Å². The lowest BCUT2D eigenvalue weighted by Crippen LogP contribution is -2.26. The zero-order chi connectivity index (χ0) is 45.0. The molecule has 0 heterocycles. The first kappa shape index (κ1) is 40.3. The second-order valence-electron chi connectivity index (χ2n) is 18.9. The van der Waals surface area contributed by atoms with Crippen molar-refractivity contribution in [2.45, 2.75) is 43.4 Å². The van der Waals surface area contributed by atoms with Crippen molar-refractivity contribution in [1.82, 2.24) is 0 Å². The summed E-state index contributed by atoms with van der Waals surface area (Å²) in [4.78, 5) is 2.51. The van der Waals surface area contributed by atoms with Gasteiger partial charge in [-0.25, -0.2) is 0 Å². The Morgan fingerprint density at radius 2 is 0.721 bits per heavy atom. The van der Waals surface area contributed by atoms with Gasteiger partial charge in [-0.05, 0) is 138 Å².